The number of rotatable bonds is 14. The molecule has 47 heavy (non-hydrogen) atoms. The SMILES string of the molecule is O=C(NC(Cc1ccccc1)c1ccccc1)c1csc(CN(Cc2ccc(F)cc2)Cc2ccc(OCc3ccccc3)cc2)n1. The van der Waals surface area contributed by atoms with Crippen molar-refractivity contribution >= 4 is 17.2 Å². The predicted molar refractivity (Wildman–Crippen MR) is 185 cm³/mol. The summed E-state index contributed by atoms with van der Waals surface area (Å²) in [6, 6.07) is 44.8. The largest absolute Gasteiger partial charge is 0.489 e. The average molecular weight is 642 g/mol. The smallest absolute Gasteiger partial charge is 0.271 e. The second kappa shape index (κ2) is 15.9. The quantitative estimate of drug-likeness (QED) is 0.129. The maximum atomic E-state index is 13.7. The van der Waals surface area contributed by atoms with Gasteiger partial charge >= 0.3 is 0 Å². The molecule has 1 heterocycles. The van der Waals surface area contributed by atoms with Crippen LogP contribution in [0.4, 0.5) is 4.39 Å². The Morgan fingerprint density at radius 3 is 1.91 bits per heavy atom. The lowest BCUT2D eigenvalue weighted by molar-refractivity contribution is 0.0931. The number of nitrogens with one attached hydrogen (secondary N) is 1. The van der Waals surface area contributed by atoms with Gasteiger partial charge in [-0.1, -0.05) is 115 Å². The summed E-state index contributed by atoms with van der Waals surface area (Å²) in [5.41, 5.74) is 5.82. The monoisotopic (exact) mass is 641 g/mol. The molecule has 236 valence electrons. The molecule has 5 aromatic carbocycles. The molecule has 7 heteroatoms. The minimum atomic E-state index is -0.261. The molecular weight excluding hydrogens is 606 g/mol. The van der Waals surface area contributed by atoms with Crippen LogP contribution in [0.1, 0.15) is 49.4 Å². The Balaban J connectivity index is 1.13. The van der Waals surface area contributed by atoms with Gasteiger partial charge in [-0.3, -0.25) is 9.69 Å². The van der Waals surface area contributed by atoms with Gasteiger partial charge in [0.25, 0.3) is 5.91 Å². The van der Waals surface area contributed by atoms with Crippen molar-refractivity contribution in [1.82, 2.24) is 15.2 Å². The van der Waals surface area contributed by atoms with E-state index < -0.39 is 0 Å². The van der Waals surface area contributed by atoms with Crippen molar-refractivity contribution in [3.63, 3.8) is 0 Å². The average Bonchev–Trinajstić information content (AvgIpc) is 3.58. The maximum Gasteiger partial charge on any atom is 0.271 e. The number of hydrogen-bond acceptors (Lipinski definition) is 5. The van der Waals surface area contributed by atoms with E-state index in [1.54, 1.807) is 12.1 Å². The third-order valence-electron chi connectivity index (χ3n) is 7.83. The van der Waals surface area contributed by atoms with Crippen LogP contribution in [0.2, 0.25) is 0 Å². The van der Waals surface area contributed by atoms with Crippen LogP contribution < -0.4 is 10.1 Å². The first-order valence-corrected chi connectivity index (χ1v) is 16.5. The number of ether oxygens (including phenoxy) is 1. The molecule has 6 aromatic rings. The minimum absolute atomic E-state index is 0.189. The number of aromatic nitrogens is 1. The lowest BCUT2D eigenvalue weighted by atomic mass is 9.99. The van der Waals surface area contributed by atoms with E-state index in [0.717, 1.165) is 38.6 Å². The molecule has 6 rings (SSSR count). The van der Waals surface area contributed by atoms with Gasteiger partial charge in [0.1, 0.15) is 28.9 Å². The molecule has 0 aliphatic heterocycles. The van der Waals surface area contributed by atoms with Crippen LogP contribution in [-0.4, -0.2) is 15.8 Å². The summed E-state index contributed by atoms with van der Waals surface area (Å²) >= 11 is 1.47. The topological polar surface area (TPSA) is 54.5 Å². The first kappa shape index (κ1) is 31.9. The van der Waals surface area contributed by atoms with E-state index in [-0.39, 0.29) is 17.8 Å². The van der Waals surface area contributed by atoms with Gasteiger partial charge in [-0.05, 0) is 58.5 Å². The van der Waals surface area contributed by atoms with Crippen molar-refractivity contribution in [2.75, 3.05) is 0 Å². The summed E-state index contributed by atoms with van der Waals surface area (Å²) in [4.78, 5) is 20.5. The molecule has 0 spiro atoms. The lowest BCUT2D eigenvalue weighted by Gasteiger charge is -2.22. The lowest BCUT2D eigenvalue weighted by Crippen LogP contribution is -2.30. The van der Waals surface area contributed by atoms with E-state index in [1.807, 2.05) is 96.4 Å². The van der Waals surface area contributed by atoms with Gasteiger partial charge in [-0.15, -0.1) is 11.3 Å². The van der Waals surface area contributed by atoms with Crippen molar-refractivity contribution < 1.29 is 13.9 Å². The van der Waals surface area contributed by atoms with Gasteiger partial charge in [0.2, 0.25) is 0 Å². The Bertz CT molecular complexity index is 1830. The number of carbonyl (C=O) groups excluding carboxylic acids is 1. The summed E-state index contributed by atoms with van der Waals surface area (Å²) in [5.74, 6) is 0.343. The molecule has 0 bridgehead atoms. The Morgan fingerprint density at radius 1 is 0.702 bits per heavy atom. The summed E-state index contributed by atoms with van der Waals surface area (Å²) in [5, 5.41) is 5.88. The zero-order valence-electron chi connectivity index (χ0n) is 26.0. The van der Waals surface area contributed by atoms with Crippen molar-refractivity contribution in [2.24, 2.45) is 0 Å². The molecule has 0 aliphatic rings. The van der Waals surface area contributed by atoms with Crippen LogP contribution in [0.5, 0.6) is 5.75 Å². The summed E-state index contributed by atoms with van der Waals surface area (Å²) in [6.45, 7) is 2.29. The normalized spacial score (nSPS) is 11.7. The highest BCUT2D eigenvalue weighted by Gasteiger charge is 2.19. The molecule has 1 aromatic heterocycles. The number of benzene rings is 5. The van der Waals surface area contributed by atoms with Gasteiger partial charge < -0.3 is 10.1 Å². The first-order chi connectivity index (χ1) is 23.1. The van der Waals surface area contributed by atoms with Crippen LogP contribution in [0.3, 0.4) is 0 Å². The summed E-state index contributed by atoms with van der Waals surface area (Å²) in [7, 11) is 0. The standard InChI is InChI=1S/C40H36FN3O2S/c41-35-20-16-31(17-21-35)25-44(26-32-18-22-36(23-19-32)46-28-33-12-6-2-7-13-33)27-39-42-38(29-47-39)40(45)43-37(34-14-8-3-9-15-34)24-30-10-4-1-5-11-30/h1-23,29,37H,24-28H2,(H,43,45). The zero-order chi connectivity index (χ0) is 32.3. The van der Waals surface area contributed by atoms with Crippen LogP contribution in [-0.2, 0) is 32.7 Å². The fourth-order valence-corrected chi connectivity index (χ4v) is 6.22. The van der Waals surface area contributed by atoms with Crippen LogP contribution in [0.15, 0.2) is 145 Å². The van der Waals surface area contributed by atoms with E-state index in [9.17, 15) is 9.18 Å². The molecule has 1 amide bonds. The Hall–Kier alpha value is -5.11. The molecule has 1 unspecified atom stereocenters. The third-order valence-corrected chi connectivity index (χ3v) is 8.66. The fraction of sp³-hybridized carbons (Fsp3) is 0.150. The van der Waals surface area contributed by atoms with E-state index in [2.05, 4.69) is 34.5 Å². The highest BCUT2D eigenvalue weighted by atomic mass is 32.1. The van der Waals surface area contributed by atoms with E-state index in [0.29, 0.717) is 38.4 Å². The van der Waals surface area contributed by atoms with Gasteiger partial charge in [0, 0.05) is 18.5 Å². The van der Waals surface area contributed by atoms with Crippen LogP contribution in [0, 0.1) is 5.82 Å². The number of carbonyl (C=O) groups is 1. The highest BCUT2D eigenvalue weighted by Crippen LogP contribution is 2.22. The highest BCUT2D eigenvalue weighted by molar-refractivity contribution is 7.09. The molecular formula is C40H36FN3O2S. The number of thiazole rings is 1. The number of amides is 1. The van der Waals surface area contributed by atoms with Crippen molar-refractivity contribution in [1.29, 1.82) is 0 Å². The third kappa shape index (κ3) is 9.45. The summed E-state index contributed by atoms with van der Waals surface area (Å²) in [6.07, 6.45) is 0.676. The van der Waals surface area contributed by atoms with Gasteiger partial charge in [0.15, 0.2) is 0 Å². The van der Waals surface area contributed by atoms with Crippen molar-refractivity contribution in [2.45, 2.75) is 38.7 Å². The van der Waals surface area contributed by atoms with E-state index >= 15 is 0 Å². The van der Waals surface area contributed by atoms with E-state index in [1.165, 1.54) is 23.5 Å². The maximum absolute atomic E-state index is 13.7. The molecule has 0 aliphatic carbocycles. The Morgan fingerprint density at radius 2 is 1.28 bits per heavy atom. The first-order valence-electron chi connectivity index (χ1n) is 15.6. The zero-order valence-corrected chi connectivity index (χ0v) is 26.8. The van der Waals surface area contributed by atoms with Crippen LogP contribution in [0.25, 0.3) is 0 Å². The number of halogens is 1. The van der Waals surface area contributed by atoms with Gasteiger partial charge in [-0.2, -0.15) is 0 Å². The molecule has 1 N–H and O–H groups in total. The molecule has 1 atom stereocenters. The Labute approximate surface area is 279 Å². The molecule has 0 fully saturated rings. The minimum Gasteiger partial charge on any atom is -0.489 e. The van der Waals surface area contributed by atoms with E-state index in [4.69, 9.17) is 9.72 Å². The molecule has 0 radical (unpaired) electrons. The Kier molecular flexibility index (Phi) is 10.8. The second-order valence-corrected chi connectivity index (χ2v) is 12.4. The molecule has 0 saturated heterocycles. The molecule has 0 saturated carbocycles. The van der Waals surface area contributed by atoms with Crippen LogP contribution >= 0.6 is 11.3 Å². The molecule has 5 nitrogen and oxygen atoms in total. The van der Waals surface area contributed by atoms with Crippen molar-refractivity contribution in [3.05, 3.63) is 189 Å². The van der Waals surface area contributed by atoms with Crippen molar-refractivity contribution in [3.8, 4) is 5.75 Å². The summed E-state index contributed by atoms with van der Waals surface area (Å²) < 4.78 is 19.6. The number of hydrogen-bond donors (Lipinski definition) is 1. The number of nitrogens with zero attached hydrogens (tertiary/aromatic N) is 2. The second-order valence-electron chi connectivity index (χ2n) is 11.4. The fourth-order valence-electron chi connectivity index (χ4n) is 5.40. The predicted octanol–water partition coefficient (Wildman–Crippen LogP) is 8.78. The van der Waals surface area contributed by atoms with Gasteiger partial charge in [-0.25, -0.2) is 9.37 Å². The van der Waals surface area contributed by atoms with Gasteiger partial charge in [0.05, 0.1) is 12.6 Å².